The zero-order valence-corrected chi connectivity index (χ0v) is 16.1. The molecular formula is C20H24FNO3S. The van der Waals surface area contributed by atoms with Crippen LogP contribution in [0.2, 0.25) is 0 Å². The Balaban J connectivity index is 1.92. The van der Waals surface area contributed by atoms with Crippen LogP contribution in [-0.4, -0.2) is 25.9 Å². The number of hydrogen-bond donors (Lipinski definition) is 1. The van der Waals surface area contributed by atoms with Crippen molar-refractivity contribution in [3.05, 3.63) is 59.4 Å². The van der Waals surface area contributed by atoms with Crippen LogP contribution in [0.3, 0.4) is 0 Å². The van der Waals surface area contributed by atoms with E-state index in [4.69, 9.17) is 9.47 Å². The second kappa shape index (κ2) is 10.1. The van der Waals surface area contributed by atoms with Crippen LogP contribution in [0, 0.1) is 5.82 Å². The van der Waals surface area contributed by atoms with Crippen molar-refractivity contribution < 1.29 is 18.7 Å². The fraction of sp³-hybridized carbons (Fsp3) is 0.350. The number of carbonyl (C=O) groups is 1. The summed E-state index contributed by atoms with van der Waals surface area (Å²) in [7, 11) is 3.17. The summed E-state index contributed by atoms with van der Waals surface area (Å²) in [5.74, 6) is 1.71. The molecule has 0 saturated heterocycles. The molecule has 26 heavy (non-hydrogen) atoms. The molecule has 1 N–H and O–H groups in total. The molecule has 1 atom stereocenters. The van der Waals surface area contributed by atoms with Gasteiger partial charge < -0.3 is 14.8 Å². The van der Waals surface area contributed by atoms with Gasteiger partial charge in [-0.2, -0.15) is 0 Å². The lowest BCUT2D eigenvalue weighted by Gasteiger charge is -2.19. The number of nitrogens with one attached hydrogen (secondary N) is 1. The number of halogens is 1. The lowest BCUT2D eigenvalue weighted by molar-refractivity contribution is -0.119. The van der Waals surface area contributed by atoms with E-state index >= 15 is 0 Å². The van der Waals surface area contributed by atoms with Crippen LogP contribution in [0.5, 0.6) is 11.5 Å². The van der Waals surface area contributed by atoms with E-state index < -0.39 is 0 Å². The van der Waals surface area contributed by atoms with Gasteiger partial charge in [-0.1, -0.05) is 31.2 Å². The number of benzene rings is 2. The number of carbonyl (C=O) groups excluding carboxylic acids is 1. The van der Waals surface area contributed by atoms with Crippen LogP contribution in [0.1, 0.15) is 30.5 Å². The van der Waals surface area contributed by atoms with Crippen LogP contribution < -0.4 is 14.8 Å². The van der Waals surface area contributed by atoms with Gasteiger partial charge in [0.05, 0.1) is 26.0 Å². The van der Waals surface area contributed by atoms with Gasteiger partial charge in [0.25, 0.3) is 0 Å². The van der Waals surface area contributed by atoms with Crippen LogP contribution in [0.25, 0.3) is 0 Å². The lowest BCUT2D eigenvalue weighted by Crippen LogP contribution is -2.29. The molecule has 2 aromatic rings. The van der Waals surface area contributed by atoms with Crippen molar-refractivity contribution in [1.82, 2.24) is 5.32 Å². The van der Waals surface area contributed by atoms with Crippen molar-refractivity contribution in [2.24, 2.45) is 0 Å². The predicted molar refractivity (Wildman–Crippen MR) is 103 cm³/mol. The molecule has 0 aliphatic rings. The maximum atomic E-state index is 13.6. The van der Waals surface area contributed by atoms with Crippen LogP contribution >= 0.6 is 11.8 Å². The van der Waals surface area contributed by atoms with Gasteiger partial charge in [-0.05, 0) is 35.7 Å². The molecule has 0 aromatic heterocycles. The molecule has 0 bridgehead atoms. The highest BCUT2D eigenvalue weighted by Gasteiger charge is 2.15. The minimum atomic E-state index is -0.239. The molecule has 140 valence electrons. The van der Waals surface area contributed by atoms with E-state index in [-0.39, 0.29) is 23.5 Å². The zero-order chi connectivity index (χ0) is 18.9. The van der Waals surface area contributed by atoms with E-state index in [2.05, 4.69) is 5.32 Å². The minimum Gasteiger partial charge on any atom is -0.493 e. The van der Waals surface area contributed by atoms with Crippen molar-refractivity contribution in [2.45, 2.75) is 25.1 Å². The van der Waals surface area contributed by atoms with E-state index in [0.29, 0.717) is 22.8 Å². The Morgan fingerprint density at radius 2 is 1.88 bits per heavy atom. The first kappa shape index (κ1) is 20.1. The zero-order valence-electron chi connectivity index (χ0n) is 15.3. The van der Waals surface area contributed by atoms with Crippen molar-refractivity contribution >= 4 is 17.7 Å². The highest BCUT2D eigenvalue weighted by molar-refractivity contribution is 7.99. The quantitative estimate of drug-likeness (QED) is 0.706. The maximum absolute atomic E-state index is 13.6. The van der Waals surface area contributed by atoms with Crippen molar-refractivity contribution in [3.8, 4) is 11.5 Å². The number of hydrogen-bond acceptors (Lipinski definition) is 4. The van der Waals surface area contributed by atoms with E-state index in [0.717, 1.165) is 12.0 Å². The first-order valence-electron chi connectivity index (χ1n) is 8.41. The van der Waals surface area contributed by atoms with Gasteiger partial charge in [0.1, 0.15) is 5.82 Å². The summed E-state index contributed by atoms with van der Waals surface area (Å²) < 4.78 is 24.2. The summed E-state index contributed by atoms with van der Waals surface area (Å²) in [4.78, 5) is 12.3. The topological polar surface area (TPSA) is 47.6 Å². The molecule has 0 aliphatic carbocycles. The first-order valence-corrected chi connectivity index (χ1v) is 9.57. The Hall–Kier alpha value is -2.21. The smallest absolute Gasteiger partial charge is 0.230 e. The van der Waals surface area contributed by atoms with Gasteiger partial charge in [-0.3, -0.25) is 4.79 Å². The molecule has 0 spiro atoms. The number of rotatable bonds is 9. The van der Waals surface area contributed by atoms with Crippen LogP contribution in [0.4, 0.5) is 4.39 Å². The Labute approximate surface area is 158 Å². The number of amides is 1. The summed E-state index contributed by atoms with van der Waals surface area (Å²) >= 11 is 1.39. The van der Waals surface area contributed by atoms with Gasteiger partial charge in [-0.15, -0.1) is 11.8 Å². The summed E-state index contributed by atoms with van der Waals surface area (Å²) in [6.07, 6.45) is 0.749. The average Bonchev–Trinajstić information content (AvgIpc) is 2.67. The van der Waals surface area contributed by atoms with Gasteiger partial charge in [0.2, 0.25) is 5.91 Å². The summed E-state index contributed by atoms with van der Waals surface area (Å²) in [5.41, 5.74) is 1.56. The predicted octanol–water partition coefficient (Wildman–Crippen LogP) is 4.34. The highest BCUT2D eigenvalue weighted by atomic mass is 32.2. The van der Waals surface area contributed by atoms with Gasteiger partial charge >= 0.3 is 0 Å². The van der Waals surface area contributed by atoms with Gasteiger partial charge in [-0.25, -0.2) is 4.39 Å². The molecule has 2 rings (SSSR count). The lowest BCUT2D eigenvalue weighted by atomic mass is 10.0. The Morgan fingerprint density at radius 1 is 1.15 bits per heavy atom. The largest absolute Gasteiger partial charge is 0.493 e. The van der Waals surface area contributed by atoms with Crippen LogP contribution in [-0.2, 0) is 10.5 Å². The molecule has 0 radical (unpaired) electrons. The molecule has 0 saturated carbocycles. The van der Waals surface area contributed by atoms with Gasteiger partial charge in [0.15, 0.2) is 11.5 Å². The normalized spacial score (nSPS) is 11.7. The molecule has 2 aromatic carbocycles. The Bertz CT molecular complexity index is 739. The van der Waals surface area contributed by atoms with Gasteiger partial charge in [0, 0.05) is 5.75 Å². The van der Waals surface area contributed by atoms with E-state index in [1.54, 1.807) is 32.4 Å². The summed E-state index contributed by atoms with van der Waals surface area (Å²) in [6.45, 7) is 2.01. The third kappa shape index (κ3) is 5.39. The number of methoxy groups -OCH3 is 2. The molecule has 6 heteroatoms. The highest BCUT2D eigenvalue weighted by Crippen LogP contribution is 2.30. The Morgan fingerprint density at radius 3 is 2.54 bits per heavy atom. The number of ether oxygens (including phenoxy) is 2. The Kier molecular flexibility index (Phi) is 7.78. The fourth-order valence-corrected chi connectivity index (χ4v) is 3.42. The van der Waals surface area contributed by atoms with Crippen molar-refractivity contribution in [1.29, 1.82) is 0 Å². The van der Waals surface area contributed by atoms with Crippen molar-refractivity contribution in [2.75, 3.05) is 20.0 Å². The SMILES string of the molecule is CCC(NC(=O)CSCc1ccccc1F)c1ccc(OC)c(OC)c1. The summed E-state index contributed by atoms with van der Waals surface area (Å²) in [5, 5.41) is 3.02. The maximum Gasteiger partial charge on any atom is 0.230 e. The fourth-order valence-electron chi connectivity index (χ4n) is 2.60. The van der Waals surface area contributed by atoms with E-state index in [9.17, 15) is 9.18 Å². The third-order valence-electron chi connectivity index (χ3n) is 4.00. The first-order chi connectivity index (χ1) is 12.6. The standard InChI is InChI=1S/C20H24FNO3S/c1-4-17(14-9-10-18(24-2)19(11-14)25-3)22-20(23)13-26-12-15-7-5-6-8-16(15)21/h5-11,17H,4,12-13H2,1-3H3,(H,22,23). The average molecular weight is 377 g/mol. The summed E-state index contributed by atoms with van der Waals surface area (Å²) in [6, 6.07) is 12.1. The monoisotopic (exact) mass is 377 g/mol. The van der Waals surface area contributed by atoms with Crippen LogP contribution in [0.15, 0.2) is 42.5 Å². The molecule has 1 unspecified atom stereocenters. The third-order valence-corrected chi connectivity index (χ3v) is 4.98. The van der Waals surface area contributed by atoms with Crippen molar-refractivity contribution in [3.63, 3.8) is 0 Å². The number of thioether (sulfide) groups is 1. The second-order valence-corrected chi connectivity index (χ2v) is 6.71. The molecular weight excluding hydrogens is 353 g/mol. The van der Waals surface area contributed by atoms with E-state index in [1.165, 1.54) is 17.8 Å². The molecule has 0 fully saturated rings. The molecule has 1 amide bonds. The minimum absolute atomic E-state index is 0.0759. The molecule has 0 heterocycles. The second-order valence-electron chi connectivity index (χ2n) is 5.73. The van der Waals surface area contributed by atoms with E-state index in [1.807, 2.05) is 25.1 Å². The molecule has 4 nitrogen and oxygen atoms in total. The molecule has 0 aliphatic heterocycles.